The molecule has 1 N–H and O–H groups in total. The lowest BCUT2D eigenvalue weighted by Gasteiger charge is -2.32. The molecule has 2 atom stereocenters. The number of aliphatic hydroxyl groups is 1. The van der Waals surface area contributed by atoms with Gasteiger partial charge >= 0.3 is 5.97 Å². The van der Waals surface area contributed by atoms with Crippen LogP contribution >= 0.6 is 0 Å². The van der Waals surface area contributed by atoms with E-state index in [1.54, 1.807) is 13.8 Å². The maximum atomic E-state index is 11.7. The summed E-state index contributed by atoms with van der Waals surface area (Å²) in [6, 6.07) is 0. The van der Waals surface area contributed by atoms with Crippen molar-refractivity contribution in [2.45, 2.75) is 46.1 Å². The molecule has 0 aromatic rings. The number of ether oxygens (including phenoxy) is 1. The van der Waals surface area contributed by atoms with Gasteiger partial charge in [0.05, 0.1) is 18.6 Å². The van der Waals surface area contributed by atoms with Gasteiger partial charge in [-0.2, -0.15) is 0 Å². The van der Waals surface area contributed by atoms with E-state index in [2.05, 4.69) is 12.7 Å². The van der Waals surface area contributed by atoms with Gasteiger partial charge in [0.1, 0.15) is 0 Å². The Bertz CT molecular complexity index is 366. The molecule has 0 fully saturated rings. The maximum absolute atomic E-state index is 11.7. The van der Waals surface area contributed by atoms with Gasteiger partial charge < -0.3 is 9.84 Å². The molecule has 3 heteroatoms. The molecule has 3 nitrogen and oxygen atoms in total. The molecule has 2 unspecified atom stereocenters. The molecule has 0 heterocycles. The molecule has 102 valence electrons. The third-order valence-electron chi connectivity index (χ3n) is 3.89. The minimum Gasteiger partial charge on any atom is -0.469 e. The van der Waals surface area contributed by atoms with Crippen LogP contribution in [0.1, 0.15) is 40.0 Å². The van der Waals surface area contributed by atoms with Gasteiger partial charge in [0.15, 0.2) is 0 Å². The lowest BCUT2D eigenvalue weighted by atomic mass is 9.76. The van der Waals surface area contributed by atoms with Crippen LogP contribution in [0.15, 0.2) is 23.8 Å². The number of allylic oxidation sites excluding steroid dienone is 2. The molecule has 0 aromatic carbocycles. The van der Waals surface area contributed by atoms with Crippen LogP contribution in [0.25, 0.3) is 0 Å². The zero-order valence-electron chi connectivity index (χ0n) is 11.8. The molecule has 0 aromatic heterocycles. The Morgan fingerprint density at radius 2 is 2.22 bits per heavy atom. The van der Waals surface area contributed by atoms with Crippen molar-refractivity contribution < 1.29 is 14.6 Å². The van der Waals surface area contributed by atoms with E-state index in [0.717, 1.165) is 24.8 Å². The summed E-state index contributed by atoms with van der Waals surface area (Å²) in [5, 5.41) is 10.3. The zero-order valence-corrected chi connectivity index (χ0v) is 11.8. The molecule has 0 amide bonds. The monoisotopic (exact) mass is 252 g/mol. The van der Waals surface area contributed by atoms with Crippen LogP contribution in [0.3, 0.4) is 0 Å². The fourth-order valence-electron chi connectivity index (χ4n) is 2.39. The van der Waals surface area contributed by atoms with Gasteiger partial charge in [0, 0.05) is 0 Å². The summed E-state index contributed by atoms with van der Waals surface area (Å²) in [5.74, 6) is 0.125. The Morgan fingerprint density at radius 1 is 1.61 bits per heavy atom. The van der Waals surface area contributed by atoms with Crippen LogP contribution in [-0.2, 0) is 9.53 Å². The van der Waals surface area contributed by atoms with Gasteiger partial charge in [-0.25, -0.2) is 0 Å². The second kappa shape index (κ2) is 5.70. The van der Waals surface area contributed by atoms with Gasteiger partial charge in [-0.05, 0) is 51.5 Å². The van der Waals surface area contributed by atoms with Crippen LogP contribution in [0.2, 0.25) is 0 Å². The molecule has 0 saturated carbocycles. The Morgan fingerprint density at radius 3 is 2.61 bits per heavy atom. The molecule has 18 heavy (non-hydrogen) atoms. The molecule has 1 aliphatic carbocycles. The number of carbonyl (C=O) groups is 1. The SMILES string of the molecule is C=C(C)C1CC=C(C(O)C(C)(C)C(=O)OC)CC1. The quantitative estimate of drug-likeness (QED) is 0.618. The largest absolute Gasteiger partial charge is 0.469 e. The number of esters is 1. The van der Waals surface area contributed by atoms with Crippen molar-refractivity contribution in [3.05, 3.63) is 23.8 Å². The normalized spacial score (nSPS) is 22.1. The van der Waals surface area contributed by atoms with Gasteiger partial charge in [-0.15, -0.1) is 0 Å². The van der Waals surface area contributed by atoms with Crippen molar-refractivity contribution >= 4 is 5.97 Å². The van der Waals surface area contributed by atoms with Gasteiger partial charge in [0.25, 0.3) is 0 Å². The Balaban J connectivity index is 2.78. The van der Waals surface area contributed by atoms with Crippen LogP contribution in [0.4, 0.5) is 0 Å². The molecule has 0 aliphatic heterocycles. The lowest BCUT2D eigenvalue weighted by Crippen LogP contribution is -2.39. The highest BCUT2D eigenvalue weighted by Gasteiger charge is 2.39. The summed E-state index contributed by atoms with van der Waals surface area (Å²) in [4.78, 5) is 11.7. The van der Waals surface area contributed by atoms with E-state index in [0.29, 0.717) is 5.92 Å². The van der Waals surface area contributed by atoms with E-state index in [-0.39, 0.29) is 5.97 Å². The first-order valence-corrected chi connectivity index (χ1v) is 6.41. The number of aliphatic hydroxyl groups excluding tert-OH is 1. The number of hydrogen-bond donors (Lipinski definition) is 1. The van der Waals surface area contributed by atoms with Crippen LogP contribution in [0, 0.1) is 11.3 Å². The van der Waals surface area contributed by atoms with Crippen molar-refractivity contribution in [1.82, 2.24) is 0 Å². The number of methoxy groups -OCH3 is 1. The van der Waals surface area contributed by atoms with Crippen LogP contribution < -0.4 is 0 Å². The predicted octanol–water partition coefficient (Wildman–Crippen LogP) is 2.85. The van der Waals surface area contributed by atoms with Crippen molar-refractivity contribution in [2.24, 2.45) is 11.3 Å². The Kier molecular flexibility index (Phi) is 4.74. The summed E-state index contributed by atoms with van der Waals surface area (Å²) in [5.41, 5.74) is 1.24. The van der Waals surface area contributed by atoms with Gasteiger partial charge in [-0.1, -0.05) is 18.2 Å². The molecule has 0 bridgehead atoms. The average molecular weight is 252 g/mol. The number of carbonyl (C=O) groups excluding carboxylic acids is 1. The highest BCUT2D eigenvalue weighted by molar-refractivity contribution is 5.77. The number of hydrogen-bond acceptors (Lipinski definition) is 3. The second-order valence-electron chi connectivity index (χ2n) is 5.71. The standard InChI is InChI=1S/C15H24O3/c1-10(2)11-6-8-12(9-7-11)13(16)15(3,4)14(17)18-5/h8,11,13,16H,1,6-7,9H2,2-5H3. The first kappa shape index (κ1) is 15.0. The second-order valence-corrected chi connectivity index (χ2v) is 5.71. The summed E-state index contributed by atoms with van der Waals surface area (Å²) < 4.78 is 4.75. The molecular weight excluding hydrogens is 228 g/mol. The van der Waals surface area contributed by atoms with Crippen LogP contribution in [0.5, 0.6) is 0 Å². The Labute approximate surface area is 110 Å². The maximum Gasteiger partial charge on any atom is 0.314 e. The topological polar surface area (TPSA) is 46.5 Å². The molecule has 0 spiro atoms. The molecule has 0 radical (unpaired) electrons. The minimum atomic E-state index is -0.892. The zero-order chi connectivity index (χ0) is 13.9. The Hall–Kier alpha value is -1.09. The fourth-order valence-corrected chi connectivity index (χ4v) is 2.39. The number of rotatable bonds is 4. The summed E-state index contributed by atoms with van der Waals surface area (Å²) >= 11 is 0. The lowest BCUT2D eigenvalue weighted by molar-refractivity contribution is -0.155. The predicted molar refractivity (Wildman–Crippen MR) is 72.0 cm³/mol. The molecule has 0 saturated heterocycles. The van der Waals surface area contributed by atoms with Crippen molar-refractivity contribution in [2.75, 3.05) is 7.11 Å². The first-order chi connectivity index (χ1) is 8.30. The van der Waals surface area contributed by atoms with Crippen LogP contribution in [-0.4, -0.2) is 24.3 Å². The van der Waals surface area contributed by atoms with Gasteiger partial charge in [-0.3, -0.25) is 4.79 Å². The summed E-state index contributed by atoms with van der Waals surface area (Å²) in [7, 11) is 1.35. The minimum absolute atomic E-state index is 0.377. The third kappa shape index (κ3) is 3.02. The third-order valence-corrected chi connectivity index (χ3v) is 3.89. The van der Waals surface area contributed by atoms with Crippen molar-refractivity contribution in [3.8, 4) is 0 Å². The molecule has 1 aliphatic rings. The van der Waals surface area contributed by atoms with E-state index in [1.807, 2.05) is 6.92 Å². The van der Waals surface area contributed by atoms with Crippen molar-refractivity contribution in [3.63, 3.8) is 0 Å². The van der Waals surface area contributed by atoms with E-state index in [9.17, 15) is 9.90 Å². The first-order valence-electron chi connectivity index (χ1n) is 6.41. The summed E-state index contributed by atoms with van der Waals surface area (Å²) in [6.07, 6.45) is 4.00. The fraction of sp³-hybridized carbons (Fsp3) is 0.667. The molecular formula is C15H24O3. The van der Waals surface area contributed by atoms with E-state index in [1.165, 1.54) is 12.7 Å². The summed E-state index contributed by atoms with van der Waals surface area (Å²) in [6.45, 7) is 9.45. The average Bonchev–Trinajstić information content (AvgIpc) is 2.36. The van der Waals surface area contributed by atoms with E-state index in [4.69, 9.17) is 4.74 Å². The van der Waals surface area contributed by atoms with Crippen molar-refractivity contribution in [1.29, 1.82) is 0 Å². The highest BCUT2D eigenvalue weighted by atomic mass is 16.5. The smallest absolute Gasteiger partial charge is 0.314 e. The molecule has 1 rings (SSSR count). The highest BCUT2D eigenvalue weighted by Crippen LogP contribution is 2.35. The van der Waals surface area contributed by atoms with Gasteiger partial charge in [0.2, 0.25) is 0 Å². The van der Waals surface area contributed by atoms with E-state index < -0.39 is 11.5 Å². The van der Waals surface area contributed by atoms with E-state index >= 15 is 0 Å².